The lowest BCUT2D eigenvalue weighted by Crippen LogP contribution is -2.38. The Morgan fingerprint density at radius 2 is 1.82 bits per heavy atom. The highest BCUT2D eigenvalue weighted by molar-refractivity contribution is 9.10. The molecule has 2 heterocycles. The Morgan fingerprint density at radius 3 is 2.47 bits per heavy atom. The number of rotatable bonds is 9. The molecule has 0 saturated heterocycles. The maximum absolute atomic E-state index is 16.1. The standard InChI is InChI=1S/C30H33BrFN3O3/c1-18-14-21(17-33-19(18)2)30(36,12-13-35(3)4)27(23-8-7-9-26(37-5)28(23)32)24-16-20-15-22(31)10-11-25(20)34-29(24)38-6/h7-11,14-17,27,36H,12-13H2,1-6H3/t27-,30-/m1/s1. The van der Waals surface area contributed by atoms with Crippen molar-refractivity contribution in [1.29, 1.82) is 0 Å². The molecule has 8 heteroatoms. The molecule has 2 aromatic heterocycles. The highest BCUT2D eigenvalue weighted by Crippen LogP contribution is 2.49. The number of benzene rings is 2. The molecular formula is C30H33BrFN3O3. The molecule has 0 unspecified atom stereocenters. The van der Waals surface area contributed by atoms with Gasteiger partial charge in [-0.1, -0.05) is 28.1 Å². The Morgan fingerprint density at radius 1 is 1.05 bits per heavy atom. The molecule has 0 saturated carbocycles. The third-order valence-electron chi connectivity index (χ3n) is 7.06. The summed E-state index contributed by atoms with van der Waals surface area (Å²) in [5.41, 5.74) is 2.38. The fourth-order valence-electron chi connectivity index (χ4n) is 4.84. The lowest BCUT2D eigenvalue weighted by Gasteiger charge is -2.39. The predicted octanol–water partition coefficient (Wildman–Crippen LogP) is 6.14. The second-order valence-electron chi connectivity index (χ2n) is 9.82. The number of aromatic nitrogens is 2. The molecule has 0 amide bonds. The van der Waals surface area contributed by atoms with E-state index in [4.69, 9.17) is 14.5 Å². The van der Waals surface area contributed by atoms with Crippen molar-refractivity contribution in [2.75, 3.05) is 34.9 Å². The minimum Gasteiger partial charge on any atom is -0.494 e. The van der Waals surface area contributed by atoms with Gasteiger partial charge in [0.05, 0.1) is 25.7 Å². The molecule has 38 heavy (non-hydrogen) atoms. The van der Waals surface area contributed by atoms with E-state index < -0.39 is 17.3 Å². The van der Waals surface area contributed by atoms with Crippen molar-refractivity contribution in [2.45, 2.75) is 31.8 Å². The van der Waals surface area contributed by atoms with Crippen LogP contribution < -0.4 is 9.47 Å². The van der Waals surface area contributed by atoms with Crippen molar-refractivity contribution in [3.8, 4) is 11.6 Å². The van der Waals surface area contributed by atoms with E-state index in [0.29, 0.717) is 30.0 Å². The minimum absolute atomic E-state index is 0.0936. The van der Waals surface area contributed by atoms with Crippen molar-refractivity contribution in [3.05, 3.63) is 93.0 Å². The van der Waals surface area contributed by atoms with Crippen LogP contribution in [0.5, 0.6) is 11.6 Å². The van der Waals surface area contributed by atoms with Crippen LogP contribution in [0.2, 0.25) is 0 Å². The topological polar surface area (TPSA) is 67.7 Å². The number of hydrogen-bond acceptors (Lipinski definition) is 6. The lowest BCUT2D eigenvalue weighted by molar-refractivity contribution is 0.00244. The first kappa shape index (κ1) is 28.0. The maximum atomic E-state index is 16.1. The largest absolute Gasteiger partial charge is 0.494 e. The smallest absolute Gasteiger partial charge is 0.217 e. The summed E-state index contributed by atoms with van der Waals surface area (Å²) in [4.78, 5) is 11.3. The van der Waals surface area contributed by atoms with Crippen molar-refractivity contribution in [1.82, 2.24) is 14.9 Å². The summed E-state index contributed by atoms with van der Waals surface area (Å²) in [6, 6.07) is 14.6. The molecule has 0 spiro atoms. The van der Waals surface area contributed by atoms with E-state index in [1.807, 2.05) is 63.2 Å². The molecule has 0 aliphatic heterocycles. The number of fused-ring (bicyclic) bond motifs is 1. The van der Waals surface area contributed by atoms with Gasteiger partial charge in [0, 0.05) is 45.0 Å². The van der Waals surface area contributed by atoms with Gasteiger partial charge in [0.15, 0.2) is 11.6 Å². The minimum atomic E-state index is -1.57. The molecule has 0 fully saturated rings. The number of ether oxygens (including phenoxy) is 2. The van der Waals surface area contributed by atoms with Crippen LogP contribution in [0.3, 0.4) is 0 Å². The van der Waals surface area contributed by atoms with Crippen LogP contribution in [0.4, 0.5) is 4.39 Å². The SMILES string of the molecule is COc1cccc([C@H](c2cc3cc(Br)ccc3nc2OC)[C@@](O)(CCN(C)C)c2cnc(C)c(C)c2)c1F. The van der Waals surface area contributed by atoms with Gasteiger partial charge < -0.3 is 19.5 Å². The van der Waals surface area contributed by atoms with Crippen LogP contribution in [0.25, 0.3) is 10.9 Å². The molecular weight excluding hydrogens is 549 g/mol. The summed E-state index contributed by atoms with van der Waals surface area (Å²) in [5.74, 6) is -1.04. The summed E-state index contributed by atoms with van der Waals surface area (Å²) >= 11 is 3.54. The molecule has 0 radical (unpaired) electrons. The number of aliphatic hydroxyl groups is 1. The summed E-state index contributed by atoms with van der Waals surface area (Å²) in [6.45, 7) is 4.42. The highest BCUT2D eigenvalue weighted by Gasteiger charge is 2.44. The van der Waals surface area contributed by atoms with E-state index in [1.54, 1.807) is 24.4 Å². The summed E-state index contributed by atoms with van der Waals surface area (Å²) < 4.78 is 28.1. The zero-order chi connectivity index (χ0) is 27.6. The first-order valence-corrected chi connectivity index (χ1v) is 13.2. The van der Waals surface area contributed by atoms with E-state index in [9.17, 15) is 5.11 Å². The number of aryl methyl sites for hydroxylation is 2. The van der Waals surface area contributed by atoms with Gasteiger partial charge in [0.1, 0.15) is 5.60 Å². The average molecular weight is 583 g/mol. The van der Waals surface area contributed by atoms with Crippen molar-refractivity contribution in [3.63, 3.8) is 0 Å². The van der Waals surface area contributed by atoms with Gasteiger partial charge in [-0.2, -0.15) is 0 Å². The molecule has 1 N–H and O–H groups in total. The number of pyridine rings is 2. The molecule has 200 valence electrons. The zero-order valence-corrected chi connectivity index (χ0v) is 24.1. The monoisotopic (exact) mass is 581 g/mol. The first-order valence-electron chi connectivity index (χ1n) is 12.4. The Bertz CT molecular complexity index is 1460. The molecule has 4 rings (SSSR count). The van der Waals surface area contributed by atoms with Crippen molar-refractivity contribution in [2.24, 2.45) is 0 Å². The third kappa shape index (κ3) is 5.39. The van der Waals surface area contributed by atoms with Gasteiger partial charge in [-0.25, -0.2) is 9.37 Å². The predicted molar refractivity (Wildman–Crippen MR) is 152 cm³/mol. The third-order valence-corrected chi connectivity index (χ3v) is 7.55. The Hall–Kier alpha value is -3.07. The van der Waals surface area contributed by atoms with E-state index in [-0.39, 0.29) is 11.3 Å². The average Bonchev–Trinajstić information content (AvgIpc) is 2.89. The maximum Gasteiger partial charge on any atom is 0.217 e. The normalized spacial score (nSPS) is 13.9. The summed E-state index contributed by atoms with van der Waals surface area (Å²) in [7, 11) is 6.84. The van der Waals surface area contributed by atoms with Crippen LogP contribution in [0.1, 0.15) is 40.3 Å². The molecule has 6 nitrogen and oxygen atoms in total. The van der Waals surface area contributed by atoms with Crippen LogP contribution in [-0.2, 0) is 5.60 Å². The summed E-state index contributed by atoms with van der Waals surface area (Å²) in [5, 5.41) is 13.6. The second kappa shape index (κ2) is 11.4. The number of halogens is 2. The molecule has 0 aliphatic rings. The second-order valence-corrected chi connectivity index (χ2v) is 10.7. The number of hydrogen-bond donors (Lipinski definition) is 1. The van der Waals surface area contributed by atoms with E-state index in [1.165, 1.54) is 14.2 Å². The van der Waals surface area contributed by atoms with Gasteiger partial charge in [0.25, 0.3) is 0 Å². The Kier molecular flexibility index (Phi) is 8.35. The molecule has 2 aromatic carbocycles. The van der Waals surface area contributed by atoms with Gasteiger partial charge in [-0.3, -0.25) is 4.98 Å². The van der Waals surface area contributed by atoms with Crippen LogP contribution >= 0.6 is 15.9 Å². The summed E-state index contributed by atoms with van der Waals surface area (Å²) in [6.07, 6.45) is 1.98. The fourth-order valence-corrected chi connectivity index (χ4v) is 5.21. The van der Waals surface area contributed by atoms with Gasteiger partial charge in [0.2, 0.25) is 5.88 Å². The Balaban J connectivity index is 2.10. The molecule has 0 bridgehead atoms. The van der Waals surface area contributed by atoms with Crippen LogP contribution in [-0.4, -0.2) is 54.8 Å². The van der Waals surface area contributed by atoms with E-state index >= 15 is 4.39 Å². The molecule has 2 atom stereocenters. The van der Waals surface area contributed by atoms with E-state index in [0.717, 1.165) is 26.6 Å². The number of methoxy groups -OCH3 is 2. The molecule has 0 aliphatic carbocycles. The van der Waals surface area contributed by atoms with Crippen LogP contribution in [0, 0.1) is 19.7 Å². The number of nitrogens with zero attached hydrogens (tertiary/aromatic N) is 3. The van der Waals surface area contributed by atoms with Gasteiger partial charge in [-0.05, 0) is 76.3 Å². The van der Waals surface area contributed by atoms with Gasteiger partial charge >= 0.3 is 0 Å². The van der Waals surface area contributed by atoms with Gasteiger partial charge in [-0.15, -0.1) is 0 Å². The Labute approximate surface area is 231 Å². The lowest BCUT2D eigenvalue weighted by atomic mass is 9.71. The van der Waals surface area contributed by atoms with Crippen molar-refractivity contribution < 1.29 is 19.0 Å². The molecule has 4 aromatic rings. The zero-order valence-electron chi connectivity index (χ0n) is 22.5. The fraction of sp³-hybridized carbons (Fsp3) is 0.333. The van der Waals surface area contributed by atoms with E-state index in [2.05, 4.69) is 20.9 Å². The first-order chi connectivity index (χ1) is 18.1. The quantitative estimate of drug-likeness (QED) is 0.256. The van der Waals surface area contributed by atoms with Crippen LogP contribution in [0.15, 0.2) is 59.2 Å². The van der Waals surface area contributed by atoms with Crippen molar-refractivity contribution >= 4 is 26.8 Å². The highest BCUT2D eigenvalue weighted by atomic mass is 79.9.